The molecule has 7 heteroatoms. The van der Waals surface area contributed by atoms with Crippen LogP contribution < -0.4 is 15.1 Å². The number of rotatable bonds is 4. The largest absolute Gasteiger partial charge is 0.513 e. The molecule has 0 fully saturated rings. The van der Waals surface area contributed by atoms with Crippen molar-refractivity contribution < 1.29 is 28.2 Å². The number of carbonyl (C=O) groups excluding carboxylic acids is 2. The molecule has 7 nitrogen and oxygen atoms in total. The van der Waals surface area contributed by atoms with E-state index < -0.39 is 17.8 Å². The molecule has 23 heavy (non-hydrogen) atoms. The van der Waals surface area contributed by atoms with E-state index in [9.17, 15) is 14.4 Å². The first kappa shape index (κ1) is 16.3. The zero-order valence-corrected chi connectivity index (χ0v) is 12.6. The van der Waals surface area contributed by atoms with Gasteiger partial charge in [-0.05, 0) is 26.0 Å². The van der Waals surface area contributed by atoms with Crippen molar-refractivity contribution in [2.75, 3.05) is 6.61 Å². The summed E-state index contributed by atoms with van der Waals surface area (Å²) in [7, 11) is 0. The summed E-state index contributed by atoms with van der Waals surface area (Å²) < 4.78 is 19.8. The summed E-state index contributed by atoms with van der Waals surface area (Å²) in [5.74, 6) is -0.844. The molecule has 0 bridgehead atoms. The van der Waals surface area contributed by atoms with Crippen LogP contribution in [0.5, 0.6) is 11.5 Å². The van der Waals surface area contributed by atoms with E-state index in [0.717, 1.165) is 0 Å². The van der Waals surface area contributed by atoms with Crippen molar-refractivity contribution in [3.63, 3.8) is 0 Å². The Hall–Kier alpha value is -3.09. The molecule has 0 saturated heterocycles. The Balaban J connectivity index is 2.49. The fourth-order valence-electron chi connectivity index (χ4n) is 1.66. The van der Waals surface area contributed by atoms with Crippen LogP contribution in [0, 0.1) is 0 Å². The second-order valence-corrected chi connectivity index (χ2v) is 4.55. The number of hydrogen-bond donors (Lipinski definition) is 0. The highest BCUT2D eigenvalue weighted by atomic mass is 16.7. The molecule has 0 atom stereocenters. The van der Waals surface area contributed by atoms with Gasteiger partial charge in [-0.25, -0.2) is 14.4 Å². The molecule has 0 aliphatic rings. The average molecular weight is 318 g/mol. The van der Waals surface area contributed by atoms with Crippen molar-refractivity contribution >= 4 is 23.1 Å². The molecule has 2 aromatic rings. The maximum atomic E-state index is 11.7. The minimum atomic E-state index is -0.947. The standard InChI is InChI=1S/C16H14O7/c1-4-20-16(19)23-12-7-10-5-6-14(17)21-11(10)8-13(12)22-15(18)9(2)3/h5-8H,2,4H2,1,3H3. The first-order valence-corrected chi connectivity index (χ1v) is 6.71. The van der Waals surface area contributed by atoms with Crippen LogP contribution in [0.15, 0.2) is 45.6 Å². The van der Waals surface area contributed by atoms with Crippen LogP contribution in [0.3, 0.4) is 0 Å². The molecule has 0 aliphatic carbocycles. The first-order valence-electron chi connectivity index (χ1n) is 6.71. The van der Waals surface area contributed by atoms with Gasteiger partial charge in [-0.3, -0.25) is 0 Å². The van der Waals surface area contributed by atoms with E-state index in [1.807, 2.05) is 0 Å². The molecule has 1 aromatic carbocycles. The molecule has 0 saturated carbocycles. The lowest BCUT2D eigenvalue weighted by atomic mass is 10.2. The van der Waals surface area contributed by atoms with Crippen LogP contribution in [-0.4, -0.2) is 18.7 Å². The zero-order valence-electron chi connectivity index (χ0n) is 12.6. The third-order valence-corrected chi connectivity index (χ3v) is 2.69. The van der Waals surface area contributed by atoms with Crippen LogP contribution in [-0.2, 0) is 9.53 Å². The van der Waals surface area contributed by atoms with Crippen LogP contribution in [0.1, 0.15) is 13.8 Å². The third-order valence-electron chi connectivity index (χ3n) is 2.69. The predicted octanol–water partition coefficient (Wildman–Crippen LogP) is 2.81. The number of hydrogen-bond acceptors (Lipinski definition) is 7. The minimum Gasteiger partial charge on any atom is -0.434 e. The van der Waals surface area contributed by atoms with E-state index in [0.29, 0.717) is 5.39 Å². The highest BCUT2D eigenvalue weighted by molar-refractivity contribution is 5.90. The fourth-order valence-corrected chi connectivity index (χ4v) is 1.66. The van der Waals surface area contributed by atoms with Crippen molar-refractivity contribution in [2.45, 2.75) is 13.8 Å². The van der Waals surface area contributed by atoms with Crippen LogP contribution in [0.25, 0.3) is 11.0 Å². The van der Waals surface area contributed by atoms with Gasteiger partial charge in [0.05, 0.1) is 6.61 Å². The number of fused-ring (bicyclic) bond motifs is 1. The molecule has 0 N–H and O–H groups in total. The normalized spacial score (nSPS) is 10.2. The van der Waals surface area contributed by atoms with Crippen molar-refractivity contribution in [3.8, 4) is 11.5 Å². The maximum absolute atomic E-state index is 11.7. The predicted molar refractivity (Wildman–Crippen MR) is 80.6 cm³/mol. The van der Waals surface area contributed by atoms with Crippen LogP contribution in [0.2, 0.25) is 0 Å². The molecule has 0 spiro atoms. The molecule has 0 aliphatic heterocycles. The Morgan fingerprint density at radius 1 is 1.17 bits per heavy atom. The summed E-state index contributed by atoms with van der Waals surface area (Å²) >= 11 is 0. The van der Waals surface area contributed by atoms with Gasteiger partial charge in [0.25, 0.3) is 0 Å². The van der Waals surface area contributed by atoms with Crippen molar-refractivity contribution in [3.05, 3.63) is 46.8 Å². The summed E-state index contributed by atoms with van der Waals surface area (Å²) in [4.78, 5) is 34.5. The Bertz CT molecular complexity index is 832. The average Bonchev–Trinajstić information content (AvgIpc) is 2.48. The number of carbonyl (C=O) groups is 2. The van der Waals surface area contributed by atoms with Gasteiger partial charge < -0.3 is 18.6 Å². The van der Waals surface area contributed by atoms with E-state index >= 15 is 0 Å². The van der Waals surface area contributed by atoms with Crippen molar-refractivity contribution in [1.29, 1.82) is 0 Å². The molecular formula is C16H14O7. The van der Waals surface area contributed by atoms with Gasteiger partial charge in [-0.2, -0.15) is 0 Å². The molecule has 0 radical (unpaired) electrons. The van der Waals surface area contributed by atoms with Gasteiger partial charge >= 0.3 is 17.8 Å². The first-order chi connectivity index (χ1) is 10.9. The topological polar surface area (TPSA) is 92.0 Å². The van der Waals surface area contributed by atoms with E-state index in [4.69, 9.17) is 18.6 Å². The summed E-state index contributed by atoms with van der Waals surface area (Å²) in [6.07, 6.45) is -0.947. The van der Waals surface area contributed by atoms with Gasteiger partial charge in [0.1, 0.15) is 5.58 Å². The van der Waals surface area contributed by atoms with E-state index in [2.05, 4.69) is 6.58 Å². The number of ether oxygens (including phenoxy) is 3. The Labute approximate surface area is 131 Å². The zero-order chi connectivity index (χ0) is 17.0. The second kappa shape index (κ2) is 6.78. The maximum Gasteiger partial charge on any atom is 0.513 e. The number of esters is 1. The van der Waals surface area contributed by atoms with Crippen molar-refractivity contribution in [2.24, 2.45) is 0 Å². The fraction of sp³-hybridized carbons (Fsp3) is 0.188. The van der Waals surface area contributed by atoms with E-state index in [1.54, 1.807) is 6.92 Å². The third kappa shape index (κ3) is 3.97. The summed E-state index contributed by atoms with van der Waals surface area (Å²) in [6, 6.07) is 5.39. The Kier molecular flexibility index (Phi) is 4.80. The summed E-state index contributed by atoms with van der Waals surface area (Å²) in [5.41, 5.74) is -0.228. The quantitative estimate of drug-likeness (QED) is 0.281. The SMILES string of the molecule is C=C(C)C(=O)Oc1cc2oc(=O)ccc2cc1OC(=O)OCC. The van der Waals surface area contributed by atoms with Crippen LogP contribution in [0.4, 0.5) is 4.79 Å². The molecule has 0 amide bonds. The highest BCUT2D eigenvalue weighted by Gasteiger charge is 2.17. The Morgan fingerprint density at radius 3 is 2.52 bits per heavy atom. The van der Waals surface area contributed by atoms with Crippen molar-refractivity contribution in [1.82, 2.24) is 0 Å². The van der Waals surface area contributed by atoms with Crippen LogP contribution >= 0.6 is 0 Å². The number of benzene rings is 1. The van der Waals surface area contributed by atoms with Gasteiger partial charge in [0.2, 0.25) is 0 Å². The van der Waals surface area contributed by atoms with Gasteiger partial charge in [-0.1, -0.05) is 6.58 Å². The molecule has 1 aromatic heterocycles. The lowest BCUT2D eigenvalue weighted by Crippen LogP contribution is -2.13. The molecule has 120 valence electrons. The molecule has 1 heterocycles. The lowest BCUT2D eigenvalue weighted by Gasteiger charge is -2.11. The second-order valence-electron chi connectivity index (χ2n) is 4.55. The van der Waals surface area contributed by atoms with E-state index in [1.165, 1.54) is 31.2 Å². The molecule has 0 unspecified atom stereocenters. The molecule has 2 rings (SSSR count). The Morgan fingerprint density at radius 2 is 1.87 bits per heavy atom. The van der Waals surface area contributed by atoms with Gasteiger partial charge in [0, 0.05) is 23.1 Å². The summed E-state index contributed by atoms with van der Waals surface area (Å²) in [6.45, 7) is 6.69. The highest BCUT2D eigenvalue weighted by Crippen LogP contribution is 2.33. The van der Waals surface area contributed by atoms with Gasteiger partial charge in [-0.15, -0.1) is 0 Å². The van der Waals surface area contributed by atoms with Gasteiger partial charge in [0.15, 0.2) is 11.5 Å². The molecular weight excluding hydrogens is 304 g/mol. The van der Waals surface area contributed by atoms with E-state index in [-0.39, 0.29) is 29.3 Å². The minimum absolute atomic E-state index is 0.0422. The monoisotopic (exact) mass is 318 g/mol. The lowest BCUT2D eigenvalue weighted by molar-refractivity contribution is -0.130. The summed E-state index contributed by atoms with van der Waals surface area (Å²) in [5, 5.41) is 0.485. The smallest absolute Gasteiger partial charge is 0.434 e.